The highest BCUT2D eigenvalue weighted by Gasteiger charge is 2.34. The van der Waals surface area contributed by atoms with E-state index in [0.29, 0.717) is 68.1 Å². The summed E-state index contributed by atoms with van der Waals surface area (Å²) in [4.78, 5) is 37.6. The van der Waals surface area contributed by atoms with Gasteiger partial charge < -0.3 is 24.2 Å². The van der Waals surface area contributed by atoms with Crippen molar-refractivity contribution in [3.05, 3.63) is 35.9 Å². The number of imidazole rings is 2. The maximum atomic E-state index is 13.7. The van der Waals surface area contributed by atoms with Crippen molar-refractivity contribution in [3.8, 4) is 5.95 Å². The summed E-state index contributed by atoms with van der Waals surface area (Å²) in [5.74, 6) is 2.62. The molecular formula is C29H38N8O3. The van der Waals surface area contributed by atoms with Gasteiger partial charge in [0.1, 0.15) is 5.82 Å². The number of benzene rings is 1. The van der Waals surface area contributed by atoms with Gasteiger partial charge in [0.05, 0.1) is 29.8 Å². The van der Waals surface area contributed by atoms with Gasteiger partial charge in [0.15, 0.2) is 17.0 Å². The normalized spacial score (nSPS) is 17.5. The lowest BCUT2D eigenvalue weighted by Crippen LogP contribution is -2.44. The van der Waals surface area contributed by atoms with Gasteiger partial charge in [0, 0.05) is 39.1 Å². The summed E-state index contributed by atoms with van der Waals surface area (Å²) in [5.41, 5.74) is 2.29. The van der Waals surface area contributed by atoms with Crippen LogP contribution < -0.4 is 4.90 Å². The number of hydrogen-bond acceptors (Lipinski definition) is 8. The zero-order valence-electron chi connectivity index (χ0n) is 24.0. The fraction of sp³-hybridized carbons (Fsp3) is 0.552. The van der Waals surface area contributed by atoms with Crippen LogP contribution in [0.25, 0.3) is 28.1 Å². The average Bonchev–Trinajstić information content (AvgIpc) is 3.50. The third kappa shape index (κ3) is 4.60. The van der Waals surface area contributed by atoms with E-state index in [1.165, 1.54) is 0 Å². The number of likely N-dealkylation sites (tertiary alicyclic amines) is 1. The third-order valence-electron chi connectivity index (χ3n) is 8.27. The standard InChI is InChI=1S/C29H38N8O3/c1-18(2)23-30-20-8-6-7-9-21(20)37(23)28-32-24-22(25(33-28)35-14-16-40-17-15-35)31-26(34(24)5)27(38)36-12-10-19(11-13-36)29(3,4)39/h6-9,18-19,39H,10-17H2,1-5H3. The monoisotopic (exact) mass is 546 g/mol. The number of ether oxygens (including phenoxy) is 1. The summed E-state index contributed by atoms with van der Waals surface area (Å²) in [6, 6.07) is 8.01. The maximum Gasteiger partial charge on any atom is 0.289 e. The van der Waals surface area contributed by atoms with Crippen molar-refractivity contribution in [3.63, 3.8) is 0 Å². The van der Waals surface area contributed by atoms with Crippen LogP contribution in [-0.4, -0.2) is 90.0 Å². The third-order valence-corrected chi connectivity index (χ3v) is 8.27. The number of carbonyl (C=O) groups excluding carboxylic acids is 1. The van der Waals surface area contributed by atoms with Gasteiger partial charge in [0.2, 0.25) is 11.8 Å². The van der Waals surface area contributed by atoms with E-state index in [-0.39, 0.29) is 17.7 Å². The number of morpholine rings is 1. The second-order valence-electron chi connectivity index (χ2n) is 11.8. The molecule has 1 amide bonds. The molecule has 40 heavy (non-hydrogen) atoms. The highest BCUT2D eigenvalue weighted by Crippen LogP contribution is 2.32. The number of rotatable bonds is 5. The molecule has 0 bridgehead atoms. The summed E-state index contributed by atoms with van der Waals surface area (Å²) >= 11 is 0. The number of anilines is 1. The van der Waals surface area contributed by atoms with Crippen LogP contribution in [0.4, 0.5) is 5.82 Å². The fourth-order valence-electron chi connectivity index (χ4n) is 5.89. The lowest BCUT2D eigenvalue weighted by atomic mass is 9.83. The van der Waals surface area contributed by atoms with E-state index >= 15 is 0 Å². The number of piperidine rings is 1. The molecule has 11 heteroatoms. The topological polar surface area (TPSA) is 114 Å². The molecule has 1 N–H and O–H groups in total. The Kier molecular flexibility index (Phi) is 6.74. The highest BCUT2D eigenvalue weighted by molar-refractivity contribution is 5.96. The zero-order valence-corrected chi connectivity index (χ0v) is 24.0. The first-order valence-electron chi connectivity index (χ1n) is 14.2. The summed E-state index contributed by atoms with van der Waals surface area (Å²) in [7, 11) is 1.85. The Morgan fingerprint density at radius 1 is 1.02 bits per heavy atom. The molecule has 0 aliphatic carbocycles. The minimum absolute atomic E-state index is 0.125. The van der Waals surface area contributed by atoms with E-state index in [9.17, 15) is 9.90 Å². The van der Waals surface area contributed by atoms with Crippen LogP contribution in [0.1, 0.15) is 62.9 Å². The number of para-hydroxylation sites is 2. The molecule has 2 aliphatic rings. The van der Waals surface area contributed by atoms with Crippen LogP contribution in [0, 0.1) is 5.92 Å². The van der Waals surface area contributed by atoms with Crippen LogP contribution in [0.15, 0.2) is 24.3 Å². The van der Waals surface area contributed by atoms with E-state index in [0.717, 1.165) is 29.7 Å². The number of hydrogen-bond donors (Lipinski definition) is 1. The molecule has 0 saturated carbocycles. The molecule has 2 aliphatic heterocycles. The minimum atomic E-state index is -0.752. The lowest BCUT2D eigenvalue weighted by Gasteiger charge is -2.37. The van der Waals surface area contributed by atoms with Crippen molar-refractivity contribution in [2.24, 2.45) is 13.0 Å². The first-order valence-corrected chi connectivity index (χ1v) is 14.2. The van der Waals surface area contributed by atoms with Gasteiger partial charge in [-0.05, 0) is 44.7 Å². The van der Waals surface area contributed by atoms with Gasteiger partial charge in [-0.3, -0.25) is 9.36 Å². The second kappa shape index (κ2) is 10.1. The van der Waals surface area contributed by atoms with Crippen molar-refractivity contribution < 1.29 is 14.6 Å². The molecule has 3 aromatic heterocycles. The SMILES string of the molecule is CC(C)c1nc2ccccc2n1-c1nc(N2CCOCC2)c2nc(C(=O)N3CCC(C(C)(C)O)CC3)n(C)c2n1. The number of nitrogens with zero attached hydrogens (tertiary/aromatic N) is 8. The summed E-state index contributed by atoms with van der Waals surface area (Å²) in [6.07, 6.45) is 1.52. The summed E-state index contributed by atoms with van der Waals surface area (Å²) in [5, 5.41) is 10.4. The van der Waals surface area contributed by atoms with Gasteiger partial charge in [-0.15, -0.1) is 0 Å². The largest absolute Gasteiger partial charge is 0.390 e. The van der Waals surface area contributed by atoms with Crippen LogP contribution in [0.2, 0.25) is 0 Å². The van der Waals surface area contributed by atoms with E-state index in [4.69, 9.17) is 24.7 Å². The van der Waals surface area contributed by atoms with Crippen LogP contribution in [0.5, 0.6) is 0 Å². The minimum Gasteiger partial charge on any atom is -0.390 e. The molecule has 2 fully saturated rings. The van der Waals surface area contributed by atoms with E-state index < -0.39 is 5.60 Å². The molecule has 6 rings (SSSR count). The lowest BCUT2D eigenvalue weighted by molar-refractivity contribution is -0.0110. The van der Waals surface area contributed by atoms with Gasteiger partial charge in [-0.25, -0.2) is 9.97 Å². The molecule has 212 valence electrons. The second-order valence-corrected chi connectivity index (χ2v) is 11.8. The van der Waals surface area contributed by atoms with E-state index in [1.54, 1.807) is 4.57 Å². The predicted octanol–water partition coefficient (Wildman–Crippen LogP) is 3.29. The Labute approximate surface area is 233 Å². The van der Waals surface area contributed by atoms with Crippen LogP contribution in [0.3, 0.4) is 0 Å². The number of aliphatic hydroxyl groups is 1. The smallest absolute Gasteiger partial charge is 0.289 e. The number of aryl methyl sites for hydroxylation is 1. The predicted molar refractivity (Wildman–Crippen MR) is 153 cm³/mol. The molecule has 5 heterocycles. The van der Waals surface area contributed by atoms with Gasteiger partial charge in [0.25, 0.3) is 5.91 Å². The summed E-state index contributed by atoms with van der Waals surface area (Å²) < 4.78 is 9.44. The molecule has 0 spiro atoms. The van der Waals surface area contributed by atoms with Crippen molar-refractivity contribution in [1.82, 2.24) is 34.0 Å². The zero-order chi connectivity index (χ0) is 28.2. The number of aromatic nitrogens is 6. The number of carbonyl (C=O) groups is 1. The Bertz CT molecular complexity index is 1550. The van der Waals surface area contributed by atoms with Crippen molar-refractivity contribution in [2.75, 3.05) is 44.3 Å². The molecule has 2 saturated heterocycles. The molecule has 11 nitrogen and oxygen atoms in total. The van der Waals surface area contributed by atoms with Gasteiger partial charge in [-0.2, -0.15) is 9.97 Å². The Balaban J connectivity index is 1.47. The Morgan fingerprint density at radius 2 is 1.73 bits per heavy atom. The number of fused-ring (bicyclic) bond motifs is 2. The molecule has 0 atom stereocenters. The molecular weight excluding hydrogens is 508 g/mol. The first kappa shape index (κ1) is 26.6. The first-order chi connectivity index (χ1) is 19.1. The Morgan fingerprint density at radius 3 is 2.40 bits per heavy atom. The van der Waals surface area contributed by atoms with Crippen LogP contribution >= 0.6 is 0 Å². The molecule has 0 radical (unpaired) electrons. The van der Waals surface area contributed by atoms with Crippen molar-refractivity contribution in [1.29, 1.82) is 0 Å². The molecule has 0 unspecified atom stereocenters. The maximum absolute atomic E-state index is 13.7. The quantitative estimate of drug-likeness (QED) is 0.406. The molecule has 1 aromatic carbocycles. The summed E-state index contributed by atoms with van der Waals surface area (Å²) in [6.45, 7) is 11.6. The fourth-order valence-corrected chi connectivity index (χ4v) is 5.89. The van der Waals surface area contributed by atoms with Gasteiger partial charge >= 0.3 is 0 Å². The van der Waals surface area contributed by atoms with E-state index in [1.807, 2.05) is 54.6 Å². The van der Waals surface area contributed by atoms with E-state index in [2.05, 4.69) is 18.7 Å². The number of amides is 1. The van der Waals surface area contributed by atoms with Crippen LogP contribution in [-0.2, 0) is 11.8 Å². The van der Waals surface area contributed by atoms with Crippen molar-refractivity contribution in [2.45, 2.75) is 52.1 Å². The van der Waals surface area contributed by atoms with Crippen molar-refractivity contribution >= 4 is 33.9 Å². The highest BCUT2D eigenvalue weighted by atomic mass is 16.5. The van der Waals surface area contributed by atoms with Gasteiger partial charge in [-0.1, -0.05) is 26.0 Å². The Hall–Kier alpha value is -3.57. The average molecular weight is 547 g/mol. The molecule has 4 aromatic rings.